The highest BCUT2D eigenvalue weighted by molar-refractivity contribution is 5.28. The molecule has 0 amide bonds. The van der Waals surface area contributed by atoms with Crippen molar-refractivity contribution in [1.29, 1.82) is 0 Å². The van der Waals surface area contributed by atoms with Gasteiger partial charge in [0.1, 0.15) is 6.33 Å². The quantitative estimate of drug-likeness (QED) is 0.627. The molecule has 1 aliphatic carbocycles. The first-order valence-corrected chi connectivity index (χ1v) is 3.37. The van der Waals surface area contributed by atoms with Crippen molar-refractivity contribution in [2.45, 2.75) is 18.8 Å². The summed E-state index contributed by atoms with van der Waals surface area (Å²) in [6.07, 6.45) is 5.39. The van der Waals surface area contributed by atoms with Crippen LogP contribution in [-0.4, -0.2) is 15.1 Å². The molecule has 1 aromatic heterocycles. The first-order valence-electron chi connectivity index (χ1n) is 3.37. The zero-order valence-corrected chi connectivity index (χ0v) is 5.49. The molecule has 0 aromatic carbocycles. The molecule has 1 aromatic rings. The second kappa shape index (κ2) is 1.94. The van der Waals surface area contributed by atoms with Gasteiger partial charge in [-0.25, -0.2) is 9.97 Å². The van der Waals surface area contributed by atoms with Crippen molar-refractivity contribution >= 4 is 0 Å². The van der Waals surface area contributed by atoms with Crippen molar-refractivity contribution in [2.24, 2.45) is 0 Å². The fraction of sp³-hybridized carbons (Fsp3) is 0.429. The SMILES string of the molecule is Oc1ncncc1C1CC1. The summed E-state index contributed by atoms with van der Waals surface area (Å²) in [6, 6.07) is 0. The van der Waals surface area contributed by atoms with Crippen molar-refractivity contribution < 1.29 is 5.11 Å². The summed E-state index contributed by atoms with van der Waals surface area (Å²) in [5, 5.41) is 9.17. The van der Waals surface area contributed by atoms with Gasteiger partial charge in [-0.15, -0.1) is 0 Å². The predicted octanol–water partition coefficient (Wildman–Crippen LogP) is 1.06. The number of hydrogen-bond donors (Lipinski definition) is 1. The molecule has 0 radical (unpaired) electrons. The van der Waals surface area contributed by atoms with Crippen LogP contribution in [-0.2, 0) is 0 Å². The van der Waals surface area contributed by atoms with E-state index >= 15 is 0 Å². The van der Waals surface area contributed by atoms with E-state index in [-0.39, 0.29) is 5.88 Å². The molecule has 2 rings (SSSR count). The largest absolute Gasteiger partial charge is 0.493 e. The van der Waals surface area contributed by atoms with E-state index in [1.807, 2.05) is 0 Å². The van der Waals surface area contributed by atoms with Crippen LogP contribution >= 0.6 is 0 Å². The van der Waals surface area contributed by atoms with Gasteiger partial charge < -0.3 is 5.11 Å². The number of nitrogens with zero attached hydrogens (tertiary/aromatic N) is 2. The molecule has 52 valence electrons. The summed E-state index contributed by atoms with van der Waals surface area (Å²) in [5.41, 5.74) is 0.905. The van der Waals surface area contributed by atoms with Gasteiger partial charge in [-0.3, -0.25) is 0 Å². The summed E-state index contributed by atoms with van der Waals surface area (Å²) in [4.78, 5) is 7.52. The molecule has 1 aliphatic rings. The van der Waals surface area contributed by atoms with Gasteiger partial charge in [0, 0.05) is 11.8 Å². The van der Waals surface area contributed by atoms with Gasteiger partial charge in [0.25, 0.3) is 0 Å². The molecule has 0 unspecified atom stereocenters. The summed E-state index contributed by atoms with van der Waals surface area (Å²) >= 11 is 0. The standard InChI is InChI=1S/C7H8N2O/c10-7-6(5-1-2-5)3-8-4-9-7/h3-5H,1-2H2,(H,8,9,10). The number of rotatable bonds is 1. The Labute approximate surface area is 58.8 Å². The maximum absolute atomic E-state index is 9.17. The highest BCUT2D eigenvalue weighted by Crippen LogP contribution is 2.42. The van der Waals surface area contributed by atoms with E-state index in [4.69, 9.17) is 5.11 Å². The Kier molecular flexibility index (Phi) is 1.09. The van der Waals surface area contributed by atoms with Crippen LogP contribution < -0.4 is 0 Å². The minimum Gasteiger partial charge on any atom is -0.493 e. The minimum absolute atomic E-state index is 0.150. The molecule has 0 bridgehead atoms. The van der Waals surface area contributed by atoms with Gasteiger partial charge in [-0.1, -0.05) is 0 Å². The van der Waals surface area contributed by atoms with E-state index in [9.17, 15) is 0 Å². The van der Waals surface area contributed by atoms with Crippen LogP contribution in [0, 0.1) is 0 Å². The van der Waals surface area contributed by atoms with Crippen LogP contribution in [0.1, 0.15) is 24.3 Å². The smallest absolute Gasteiger partial charge is 0.217 e. The third-order valence-corrected chi connectivity index (χ3v) is 1.74. The lowest BCUT2D eigenvalue weighted by atomic mass is 10.2. The lowest BCUT2D eigenvalue weighted by Crippen LogP contribution is -1.85. The molecule has 1 heterocycles. The number of hydrogen-bond acceptors (Lipinski definition) is 3. The van der Waals surface area contributed by atoms with Gasteiger partial charge in [0.2, 0.25) is 5.88 Å². The fourth-order valence-electron chi connectivity index (χ4n) is 1.02. The van der Waals surface area contributed by atoms with Crippen LogP contribution in [0.3, 0.4) is 0 Å². The Morgan fingerprint density at radius 3 is 2.90 bits per heavy atom. The highest BCUT2D eigenvalue weighted by Gasteiger charge is 2.26. The molecule has 3 heteroatoms. The Bertz CT molecular complexity index is 245. The molecule has 1 N–H and O–H groups in total. The van der Waals surface area contributed by atoms with Gasteiger partial charge >= 0.3 is 0 Å². The Morgan fingerprint density at radius 1 is 1.50 bits per heavy atom. The first kappa shape index (κ1) is 5.65. The van der Waals surface area contributed by atoms with Crippen molar-refractivity contribution in [3.05, 3.63) is 18.1 Å². The Morgan fingerprint density at radius 2 is 2.30 bits per heavy atom. The number of aromatic nitrogens is 2. The lowest BCUT2D eigenvalue weighted by Gasteiger charge is -1.96. The van der Waals surface area contributed by atoms with Crippen molar-refractivity contribution in [3.8, 4) is 5.88 Å². The molecule has 1 saturated carbocycles. The van der Waals surface area contributed by atoms with E-state index in [0.717, 1.165) is 5.56 Å². The normalized spacial score (nSPS) is 17.2. The molecule has 0 aliphatic heterocycles. The molecule has 10 heavy (non-hydrogen) atoms. The minimum atomic E-state index is 0.150. The van der Waals surface area contributed by atoms with E-state index in [0.29, 0.717) is 5.92 Å². The predicted molar refractivity (Wildman–Crippen MR) is 35.7 cm³/mol. The molecular formula is C7H8N2O. The van der Waals surface area contributed by atoms with Crippen LogP contribution in [0.25, 0.3) is 0 Å². The fourth-order valence-corrected chi connectivity index (χ4v) is 1.02. The molecular weight excluding hydrogens is 128 g/mol. The molecule has 0 atom stereocenters. The molecule has 1 fully saturated rings. The van der Waals surface area contributed by atoms with Crippen LogP contribution in [0.2, 0.25) is 0 Å². The second-order valence-corrected chi connectivity index (χ2v) is 2.58. The third kappa shape index (κ3) is 0.835. The summed E-state index contributed by atoms with van der Waals surface area (Å²) in [5.74, 6) is 0.679. The van der Waals surface area contributed by atoms with E-state index in [1.54, 1.807) is 6.20 Å². The molecule has 0 spiro atoms. The summed E-state index contributed by atoms with van der Waals surface area (Å²) in [6.45, 7) is 0. The molecule has 3 nitrogen and oxygen atoms in total. The summed E-state index contributed by atoms with van der Waals surface area (Å²) < 4.78 is 0. The van der Waals surface area contributed by atoms with E-state index < -0.39 is 0 Å². The maximum Gasteiger partial charge on any atom is 0.217 e. The Balaban J connectivity index is 2.39. The molecule has 0 saturated heterocycles. The van der Waals surface area contributed by atoms with Gasteiger partial charge in [0.05, 0.1) is 0 Å². The van der Waals surface area contributed by atoms with Crippen LogP contribution in [0.5, 0.6) is 5.88 Å². The van der Waals surface area contributed by atoms with Crippen LogP contribution in [0.4, 0.5) is 0 Å². The first-order chi connectivity index (χ1) is 4.88. The maximum atomic E-state index is 9.17. The van der Waals surface area contributed by atoms with Crippen molar-refractivity contribution in [3.63, 3.8) is 0 Å². The lowest BCUT2D eigenvalue weighted by molar-refractivity contribution is 0.444. The van der Waals surface area contributed by atoms with Crippen LogP contribution in [0.15, 0.2) is 12.5 Å². The van der Waals surface area contributed by atoms with Crippen molar-refractivity contribution in [2.75, 3.05) is 0 Å². The topological polar surface area (TPSA) is 46.0 Å². The summed E-state index contributed by atoms with van der Waals surface area (Å²) in [7, 11) is 0. The highest BCUT2D eigenvalue weighted by atomic mass is 16.3. The third-order valence-electron chi connectivity index (χ3n) is 1.74. The average molecular weight is 136 g/mol. The average Bonchev–Trinajstić information content (AvgIpc) is 2.71. The zero-order chi connectivity index (χ0) is 6.97. The van der Waals surface area contributed by atoms with Crippen molar-refractivity contribution in [1.82, 2.24) is 9.97 Å². The Hall–Kier alpha value is -1.12. The van der Waals surface area contributed by atoms with Gasteiger partial charge in [-0.2, -0.15) is 0 Å². The van der Waals surface area contributed by atoms with Gasteiger partial charge in [-0.05, 0) is 18.8 Å². The number of aromatic hydroxyl groups is 1. The monoisotopic (exact) mass is 136 g/mol. The van der Waals surface area contributed by atoms with E-state index in [1.165, 1.54) is 19.2 Å². The van der Waals surface area contributed by atoms with E-state index in [2.05, 4.69) is 9.97 Å². The van der Waals surface area contributed by atoms with Gasteiger partial charge in [0.15, 0.2) is 0 Å². The zero-order valence-electron chi connectivity index (χ0n) is 5.49. The second-order valence-electron chi connectivity index (χ2n) is 2.58.